The highest BCUT2D eigenvalue weighted by Gasteiger charge is 2.36. The van der Waals surface area contributed by atoms with Gasteiger partial charge in [-0.05, 0) is 46.5 Å². The molecule has 0 unspecified atom stereocenters. The van der Waals surface area contributed by atoms with Crippen molar-refractivity contribution in [1.82, 2.24) is 0 Å². The summed E-state index contributed by atoms with van der Waals surface area (Å²) in [6, 6.07) is 19.6. The molecule has 0 spiro atoms. The fourth-order valence-electron chi connectivity index (χ4n) is 4.03. The van der Waals surface area contributed by atoms with E-state index in [1.807, 2.05) is 17.4 Å². The van der Waals surface area contributed by atoms with Gasteiger partial charge in [0, 0.05) is 30.6 Å². The van der Waals surface area contributed by atoms with Crippen LogP contribution in [0.4, 0.5) is 0 Å². The van der Waals surface area contributed by atoms with Crippen molar-refractivity contribution in [3.63, 3.8) is 0 Å². The molecule has 1 heterocycles. The van der Waals surface area contributed by atoms with E-state index in [2.05, 4.69) is 62.4 Å². The number of benzene rings is 3. The van der Waals surface area contributed by atoms with Crippen molar-refractivity contribution in [3.8, 4) is 11.1 Å². The van der Waals surface area contributed by atoms with E-state index in [1.165, 1.54) is 42.4 Å². The van der Waals surface area contributed by atoms with Crippen LogP contribution in [0.15, 0.2) is 54.6 Å². The Bertz CT molecular complexity index is 1100. The van der Waals surface area contributed by atoms with E-state index in [4.69, 9.17) is 11.6 Å². The second-order valence-corrected chi connectivity index (χ2v) is 8.29. The molecule has 23 heavy (non-hydrogen) atoms. The predicted molar refractivity (Wildman–Crippen MR) is 102 cm³/mol. The smallest absolute Gasteiger partial charge is 0.0413 e. The van der Waals surface area contributed by atoms with E-state index in [0.29, 0.717) is 0 Å². The van der Waals surface area contributed by atoms with Gasteiger partial charge in [0.1, 0.15) is 0 Å². The molecule has 1 aliphatic rings. The zero-order chi connectivity index (χ0) is 15.8. The predicted octanol–water partition coefficient (Wildman–Crippen LogP) is 7.01. The minimum Gasteiger partial charge on any atom is -0.135 e. The van der Waals surface area contributed by atoms with Crippen LogP contribution in [0.25, 0.3) is 31.3 Å². The van der Waals surface area contributed by atoms with E-state index in [-0.39, 0.29) is 5.41 Å². The second-order valence-electron chi connectivity index (χ2n) is 6.77. The molecule has 0 saturated carbocycles. The molecule has 0 N–H and O–H groups in total. The number of hydrogen-bond donors (Lipinski definition) is 0. The molecule has 112 valence electrons. The Balaban J connectivity index is 2.04. The summed E-state index contributed by atoms with van der Waals surface area (Å²) in [5, 5.41) is 3.45. The average molecular weight is 335 g/mol. The first-order valence-corrected chi connectivity index (χ1v) is 9.02. The molecule has 0 radical (unpaired) electrons. The highest BCUT2D eigenvalue weighted by Crippen LogP contribution is 2.53. The fourth-order valence-corrected chi connectivity index (χ4v) is 5.30. The zero-order valence-corrected chi connectivity index (χ0v) is 14.6. The average Bonchev–Trinajstić information content (AvgIpc) is 3.01. The van der Waals surface area contributed by atoms with E-state index in [1.54, 1.807) is 0 Å². The number of fused-ring (bicyclic) bond motifs is 7. The van der Waals surface area contributed by atoms with Gasteiger partial charge in [0.2, 0.25) is 0 Å². The van der Waals surface area contributed by atoms with Crippen molar-refractivity contribution in [1.29, 1.82) is 0 Å². The van der Waals surface area contributed by atoms with E-state index in [9.17, 15) is 0 Å². The molecular formula is C21H15ClS. The summed E-state index contributed by atoms with van der Waals surface area (Å²) in [4.78, 5) is 0. The maximum Gasteiger partial charge on any atom is 0.0413 e. The SMILES string of the molecule is CC1(C)c2ccccc2-c2c1ccc1sc3ccc(Cl)cc3c21. The van der Waals surface area contributed by atoms with Crippen LogP contribution in [-0.4, -0.2) is 0 Å². The largest absolute Gasteiger partial charge is 0.135 e. The van der Waals surface area contributed by atoms with Crippen LogP contribution < -0.4 is 0 Å². The van der Waals surface area contributed by atoms with Gasteiger partial charge in [-0.25, -0.2) is 0 Å². The topological polar surface area (TPSA) is 0 Å². The van der Waals surface area contributed by atoms with Crippen LogP contribution >= 0.6 is 22.9 Å². The van der Waals surface area contributed by atoms with E-state index >= 15 is 0 Å². The first kappa shape index (κ1) is 13.6. The second kappa shape index (κ2) is 4.37. The summed E-state index contributed by atoms with van der Waals surface area (Å²) in [6.07, 6.45) is 0. The van der Waals surface area contributed by atoms with Gasteiger partial charge in [-0.1, -0.05) is 55.8 Å². The lowest BCUT2D eigenvalue weighted by Gasteiger charge is -2.21. The molecule has 0 nitrogen and oxygen atoms in total. The lowest BCUT2D eigenvalue weighted by atomic mass is 9.82. The first-order valence-electron chi connectivity index (χ1n) is 7.82. The van der Waals surface area contributed by atoms with Gasteiger partial charge in [-0.15, -0.1) is 11.3 Å². The molecule has 0 bridgehead atoms. The summed E-state index contributed by atoms with van der Waals surface area (Å²) >= 11 is 8.14. The molecule has 0 amide bonds. The molecule has 3 aromatic carbocycles. The number of halogens is 1. The van der Waals surface area contributed by atoms with Crippen LogP contribution in [0.5, 0.6) is 0 Å². The summed E-state index contributed by atoms with van der Waals surface area (Å²) in [6.45, 7) is 4.65. The van der Waals surface area contributed by atoms with Crippen molar-refractivity contribution in [2.45, 2.75) is 19.3 Å². The molecule has 0 atom stereocenters. The summed E-state index contributed by atoms with van der Waals surface area (Å²) in [7, 11) is 0. The molecule has 0 saturated heterocycles. The molecule has 1 aliphatic carbocycles. The third-order valence-corrected chi connectivity index (χ3v) is 6.51. The van der Waals surface area contributed by atoms with Crippen LogP contribution in [-0.2, 0) is 5.41 Å². The number of hydrogen-bond acceptors (Lipinski definition) is 1. The minimum atomic E-state index is 0.0486. The molecule has 0 aliphatic heterocycles. The highest BCUT2D eigenvalue weighted by atomic mass is 35.5. The number of rotatable bonds is 0. The fraction of sp³-hybridized carbons (Fsp3) is 0.143. The van der Waals surface area contributed by atoms with Gasteiger partial charge in [0.25, 0.3) is 0 Å². The normalized spacial score (nSPS) is 15.1. The third-order valence-electron chi connectivity index (χ3n) is 5.14. The van der Waals surface area contributed by atoms with Crippen LogP contribution in [0.2, 0.25) is 5.02 Å². The van der Waals surface area contributed by atoms with E-state index < -0.39 is 0 Å². The van der Waals surface area contributed by atoms with Gasteiger partial charge >= 0.3 is 0 Å². The molecular weight excluding hydrogens is 320 g/mol. The quantitative estimate of drug-likeness (QED) is 0.324. The lowest BCUT2D eigenvalue weighted by Crippen LogP contribution is -2.14. The summed E-state index contributed by atoms with van der Waals surface area (Å²) < 4.78 is 2.65. The van der Waals surface area contributed by atoms with Gasteiger partial charge in [0.15, 0.2) is 0 Å². The van der Waals surface area contributed by atoms with Crippen molar-refractivity contribution >= 4 is 43.1 Å². The van der Waals surface area contributed by atoms with Crippen molar-refractivity contribution in [2.24, 2.45) is 0 Å². The Hall–Kier alpha value is -1.83. The van der Waals surface area contributed by atoms with Gasteiger partial charge in [0.05, 0.1) is 0 Å². The maximum absolute atomic E-state index is 6.29. The zero-order valence-electron chi connectivity index (χ0n) is 13.0. The van der Waals surface area contributed by atoms with E-state index in [0.717, 1.165) is 5.02 Å². The van der Waals surface area contributed by atoms with Gasteiger partial charge in [-0.2, -0.15) is 0 Å². The Morgan fingerprint density at radius 3 is 2.52 bits per heavy atom. The summed E-state index contributed by atoms with van der Waals surface area (Å²) in [5.41, 5.74) is 5.66. The van der Waals surface area contributed by atoms with Crippen LogP contribution in [0.1, 0.15) is 25.0 Å². The van der Waals surface area contributed by atoms with Crippen molar-refractivity contribution < 1.29 is 0 Å². The molecule has 0 fully saturated rings. The Kier molecular flexibility index (Phi) is 2.58. The minimum absolute atomic E-state index is 0.0486. The summed E-state index contributed by atoms with van der Waals surface area (Å²) in [5.74, 6) is 0. The Labute approximate surface area is 144 Å². The van der Waals surface area contributed by atoms with Crippen LogP contribution in [0.3, 0.4) is 0 Å². The van der Waals surface area contributed by atoms with Crippen molar-refractivity contribution in [3.05, 3.63) is 70.7 Å². The molecule has 2 heteroatoms. The van der Waals surface area contributed by atoms with Gasteiger partial charge < -0.3 is 0 Å². The molecule has 5 rings (SSSR count). The monoisotopic (exact) mass is 334 g/mol. The molecule has 1 aromatic heterocycles. The van der Waals surface area contributed by atoms with Crippen LogP contribution in [0, 0.1) is 0 Å². The standard InChI is InChI=1S/C21H15ClS/c1-21(2)15-6-4-3-5-13(15)19-16(21)8-10-18-20(19)14-11-12(22)7-9-17(14)23-18/h3-11H,1-2H3. The Morgan fingerprint density at radius 2 is 1.65 bits per heavy atom. The lowest BCUT2D eigenvalue weighted by molar-refractivity contribution is 0.661. The Morgan fingerprint density at radius 1 is 0.870 bits per heavy atom. The highest BCUT2D eigenvalue weighted by molar-refractivity contribution is 7.26. The maximum atomic E-state index is 6.29. The molecule has 4 aromatic rings. The van der Waals surface area contributed by atoms with Gasteiger partial charge in [-0.3, -0.25) is 0 Å². The number of thiophene rings is 1. The van der Waals surface area contributed by atoms with Crippen molar-refractivity contribution in [2.75, 3.05) is 0 Å². The third kappa shape index (κ3) is 1.67. The first-order chi connectivity index (χ1) is 11.1.